The first-order valence-corrected chi connectivity index (χ1v) is 12.3. The molecule has 0 aliphatic carbocycles. The average molecular weight is 463 g/mol. The fourth-order valence-electron chi connectivity index (χ4n) is 5.79. The molecular formula is C33H22N2O. The highest BCUT2D eigenvalue weighted by atomic mass is 16.3. The molecule has 0 saturated carbocycles. The van der Waals surface area contributed by atoms with E-state index >= 15 is 0 Å². The average Bonchev–Trinajstić information content (AvgIpc) is 3.53. The molecule has 3 heteroatoms. The zero-order chi connectivity index (χ0) is 23.6. The molecule has 1 atom stereocenters. The summed E-state index contributed by atoms with van der Waals surface area (Å²) in [6.07, 6.45) is 10.8. The predicted molar refractivity (Wildman–Crippen MR) is 149 cm³/mol. The number of rotatable bonds is 2. The molecule has 5 aromatic carbocycles. The summed E-state index contributed by atoms with van der Waals surface area (Å²) in [5, 5.41) is 10.8. The third-order valence-electron chi connectivity index (χ3n) is 7.44. The van der Waals surface area contributed by atoms with E-state index in [1.54, 1.807) is 0 Å². The van der Waals surface area contributed by atoms with Gasteiger partial charge >= 0.3 is 0 Å². The van der Waals surface area contributed by atoms with Gasteiger partial charge < -0.3 is 14.6 Å². The van der Waals surface area contributed by atoms with Crippen LogP contribution in [-0.4, -0.2) is 11.1 Å². The molecule has 2 aliphatic heterocycles. The molecule has 8 rings (SSSR count). The molecule has 3 heterocycles. The fraction of sp³-hybridized carbons (Fsp3) is 0.0303. The first kappa shape index (κ1) is 19.5. The number of hydrogen-bond acceptors (Lipinski definition) is 3. The number of hydrogen-bond donors (Lipinski definition) is 1. The second kappa shape index (κ2) is 7.37. The van der Waals surface area contributed by atoms with E-state index < -0.39 is 0 Å². The van der Waals surface area contributed by atoms with Crippen LogP contribution in [0.25, 0.3) is 60.3 Å². The molecule has 1 unspecified atom stereocenters. The molecule has 0 spiro atoms. The van der Waals surface area contributed by atoms with Crippen molar-refractivity contribution >= 4 is 49.2 Å². The smallest absolute Gasteiger partial charge is 0.143 e. The highest BCUT2D eigenvalue weighted by molar-refractivity contribution is 6.21. The first-order valence-electron chi connectivity index (χ1n) is 12.3. The number of allylic oxidation sites excluding steroid dienone is 2. The van der Waals surface area contributed by atoms with Gasteiger partial charge in [0.05, 0.1) is 5.70 Å². The van der Waals surface area contributed by atoms with E-state index in [0.717, 1.165) is 33.2 Å². The van der Waals surface area contributed by atoms with E-state index in [4.69, 9.17) is 4.42 Å². The fourth-order valence-corrected chi connectivity index (χ4v) is 5.79. The van der Waals surface area contributed by atoms with E-state index in [0.29, 0.717) is 0 Å². The predicted octanol–water partition coefficient (Wildman–Crippen LogP) is 8.17. The van der Waals surface area contributed by atoms with Crippen molar-refractivity contribution in [2.24, 2.45) is 0 Å². The minimum absolute atomic E-state index is 0.164. The lowest BCUT2D eigenvalue weighted by molar-refractivity contribution is 0.427. The molecule has 0 amide bonds. The Morgan fingerprint density at radius 1 is 0.667 bits per heavy atom. The highest BCUT2D eigenvalue weighted by Gasteiger charge is 2.24. The van der Waals surface area contributed by atoms with Crippen molar-refractivity contribution in [1.29, 1.82) is 0 Å². The van der Waals surface area contributed by atoms with Crippen LogP contribution >= 0.6 is 0 Å². The topological polar surface area (TPSA) is 28.4 Å². The van der Waals surface area contributed by atoms with E-state index in [2.05, 4.69) is 126 Å². The Kier molecular flexibility index (Phi) is 4.00. The van der Waals surface area contributed by atoms with Gasteiger partial charge in [0.1, 0.15) is 17.3 Å². The molecule has 3 nitrogen and oxygen atoms in total. The van der Waals surface area contributed by atoms with Crippen LogP contribution in [0.4, 0.5) is 0 Å². The summed E-state index contributed by atoms with van der Waals surface area (Å²) >= 11 is 0. The van der Waals surface area contributed by atoms with Gasteiger partial charge in [0.2, 0.25) is 0 Å². The molecule has 0 saturated heterocycles. The molecule has 170 valence electrons. The molecule has 0 bridgehead atoms. The lowest BCUT2D eigenvalue weighted by Crippen LogP contribution is -2.31. The standard InChI is InChI=1S/C33H22N2O/c1-2-10-22-21(9-1)19-28-26-13-5-6-14-30(26)36-33(28)32(22)27-17-16-25(23-11-3-4-12-24(23)27)29-20-35-18-8-7-15-31(35)34-29/h1-20,31,34H. The summed E-state index contributed by atoms with van der Waals surface area (Å²) in [7, 11) is 0. The summed E-state index contributed by atoms with van der Waals surface area (Å²) in [6, 6.07) is 32.4. The Balaban J connectivity index is 1.43. The van der Waals surface area contributed by atoms with E-state index in [1.807, 2.05) is 6.07 Å². The van der Waals surface area contributed by atoms with Crippen LogP contribution in [-0.2, 0) is 0 Å². The van der Waals surface area contributed by atoms with E-state index in [-0.39, 0.29) is 6.17 Å². The van der Waals surface area contributed by atoms with Gasteiger partial charge in [-0.3, -0.25) is 0 Å². The van der Waals surface area contributed by atoms with Crippen molar-refractivity contribution in [3.63, 3.8) is 0 Å². The molecule has 0 fully saturated rings. The molecule has 1 N–H and O–H groups in total. The lowest BCUT2D eigenvalue weighted by atomic mass is 9.90. The van der Waals surface area contributed by atoms with Gasteiger partial charge in [0.25, 0.3) is 0 Å². The summed E-state index contributed by atoms with van der Waals surface area (Å²) < 4.78 is 6.54. The van der Waals surface area contributed by atoms with Crippen LogP contribution in [0, 0.1) is 0 Å². The second-order valence-corrected chi connectivity index (χ2v) is 9.46. The van der Waals surface area contributed by atoms with Crippen molar-refractivity contribution in [2.75, 3.05) is 0 Å². The van der Waals surface area contributed by atoms with Crippen LogP contribution in [0.3, 0.4) is 0 Å². The zero-order valence-electron chi connectivity index (χ0n) is 19.5. The van der Waals surface area contributed by atoms with E-state index in [1.165, 1.54) is 32.7 Å². The Hall–Kier alpha value is -4.76. The number of para-hydroxylation sites is 1. The quantitative estimate of drug-likeness (QED) is 0.281. The van der Waals surface area contributed by atoms with Gasteiger partial charge in [-0.25, -0.2) is 0 Å². The van der Waals surface area contributed by atoms with E-state index in [9.17, 15) is 0 Å². The van der Waals surface area contributed by atoms with Crippen molar-refractivity contribution in [3.05, 3.63) is 127 Å². The maximum absolute atomic E-state index is 6.54. The van der Waals surface area contributed by atoms with Gasteiger partial charge in [-0.1, -0.05) is 84.9 Å². The minimum atomic E-state index is 0.164. The molecular weight excluding hydrogens is 440 g/mol. The van der Waals surface area contributed by atoms with Gasteiger partial charge in [-0.2, -0.15) is 0 Å². The van der Waals surface area contributed by atoms with Crippen LogP contribution in [0.2, 0.25) is 0 Å². The third-order valence-corrected chi connectivity index (χ3v) is 7.44. The summed E-state index contributed by atoms with van der Waals surface area (Å²) in [4.78, 5) is 2.21. The monoisotopic (exact) mass is 462 g/mol. The lowest BCUT2D eigenvalue weighted by Gasteiger charge is -2.21. The molecule has 6 aromatic rings. The Morgan fingerprint density at radius 3 is 2.25 bits per heavy atom. The van der Waals surface area contributed by atoms with Crippen LogP contribution in [0.1, 0.15) is 5.56 Å². The number of nitrogens with one attached hydrogen (secondary N) is 1. The van der Waals surface area contributed by atoms with Crippen molar-refractivity contribution < 1.29 is 4.42 Å². The van der Waals surface area contributed by atoms with Crippen LogP contribution in [0.15, 0.2) is 126 Å². The summed E-state index contributed by atoms with van der Waals surface area (Å²) in [5.41, 5.74) is 6.53. The van der Waals surface area contributed by atoms with Crippen molar-refractivity contribution in [1.82, 2.24) is 10.2 Å². The molecule has 1 aromatic heterocycles. The van der Waals surface area contributed by atoms with Gasteiger partial charge in [-0.05, 0) is 51.4 Å². The van der Waals surface area contributed by atoms with Gasteiger partial charge in [0, 0.05) is 34.3 Å². The maximum atomic E-state index is 6.54. The highest BCUT2D eigenvalue weighted by Crippen LogP contribution is 2.44. The van der Waals surface area contributed by atoms with Crippen molar-refractivity contribution in [2.45, 2.75) is 6.17 Å². The summed E-state index contributed by atoms with van der Waals surface area (Å²) in [5.74, 6) is 0. The number of furan rings is 1. The number of benzene rings is 5. The largest absolute Gasteiger partial charge is 0.455 e. The third kappa shape index (κ3) is 2.74. The minimum Gasteiger partial charge on any atom is -0.455 e. The number of nitrogens with zero attached hydrogens (tertiary/aromatic N) is 1. The van der Waals surface area contributed by atoms with Crippen molar-refractivity contribution in [3.8, 4) is 11.1 Å². The maximum Gasteiger partial charge on any atom is 0.143 e. The van der Waals surface area contributed by atoms with Gasteiger partial charge in [-0.15, -0.1) is 0 Å². The first-order chi connectivity index (χ1) is 17.8. The second-order valence-electron chi connectivity index (χ2n) is 9.46. The van der Waals surface area contributed by atoms with Crippen LogP contribution < -0.4 is 5.32 Å². The number of fused-ring (bicyclic) bond motifs is 6. The molecule has 0 radical (unpaired) electrons. The van der Waals surface area contributed by atoms with Gasteiger partial charge in [0.15, 0.2) is 0 Å². The zero-order valence-corrected chi connectivity index (χ0v) is 19.5. The Bertz CT molecular complexity index is 1940. The summed E-state index contributed by atoms with van der Waals surface area (Å²) in [6.45, 7) is 0. The van der Waals surface area contributed by atoms with Crippen LogP contribution in [0.5, 0.6) is 0 Å². The normalized spacial score (nSPS) is 16.7. The molecule has 2 aliphatic rings. The Morgan fingerprint density at radius 2 is 1.39 bits per heavy atom. The SMILES string of the molecule is C1=CC2NC(c3ccc(-c4c5ccccc5cc5c4oc4ccccc45)c4ccccc34)=CN2C=C1. The Labute approximate surface area is 208 Å². The molecule has 36 heavy (non-hydrogen) atoms.